The van der Waals surface area contributed by atoms with Gasteiger partial charge >= 0.3 is 0 Å². The minimum Gasteiger partial charge on any atom is -0.399 e. The second kappa shape index (κ2) is 5.18. The molecule has 0 aliphatic rings. The van der Waals surface area contributed by atoms with Crippen molar-refractivity contribution in [1.82, 2.24) is 4.98 Å². The van der Waals surface area contributed by atoms with Gasteiger partial charge in [-0.05, 0) is 37.3 Å². The maximum Gasteiger partial charge on any atom is 0.256 e. The van der Waals surface area contributed by atoms with Crippen molar-refractivity contribution in [2.45, 2.75) is 6.92 Å². The van der Waals surface area contributed by atoms with Crippen molar-refractivity contribution in [3.63, 3.8) is 0 Å². The summed E-state index contributed by atoms with van der Waals surface area (Å²) in [5, 5.41) is 2.73. The van der Waals surface area contributed by atoms with Gasteiger partial charge in [-0.2, -0.15) is 0 Å². The molecule has 5 heteroatoms. The molecule has 92 valence electrons. The fraction of sp³-hybridized carbons (Fsp3) is 0.0769. The van der Waals surface area contributed by atoms with Crippen LogP contribution in [-0.4, -0.2) is 10.9 Å². The molecule has 1 heterocycles. The Hall–Kier alpha value is -1.88. The van der Waals surface area contributed by atoms with Crippen LogP contribution in [0.3, 0.4) is 0 Å². The predicted molar refractivity (Wildman–Crippen MR) is 75.5 cm³/mol. The lowest BCUT2D eigenvalue weighted by atomic mass is 10.2. The Labute approximate surface area is 113 Å². The average molecular weight is 306 g/mol. The SMILES string of the molecule is Cc1cccc(NC(=O)c2cc(N)cc(Br)c2)n1. The summed E-state index contributed by atoms with van der Waals surface area (Å²) in [5.74, 6) is 0.291. The van der Waals surface area contributed by atoms with Gasteiger partial charge < -0.3 is 11.1 Å². The molecule has 0 aliphatic carbocycles. The third-order valence-corrected chi connectivity index (χ3v) is 2.77. The average Bonchev–Trinajstić information content (AvgIpc) is 2.27. The number of carbonyl (C=O) groups excluding carboxylic acids is 1. The van der Waals surface area contributed by atoms with Crippen molar-refractivity contribution in [3.8, 4) is 0 Å². The van der Waals surface area contributed by atoms with Crippen LogP contribution in [0.4, 0.5) is 11.5 Å². The summed E-state index contributed by atoms with van der Waals surface area (Å²) in [6.07, 6.45) is 0. The largest absolute Gasteiger partial charge is 0.399 e. The molecule has 2 aromatic rings. The second-order valence-electron chi connectivity index (χ2n) is 3.89. The fourth-order valence-corrected chi connectivity index (χ4v) is 2.06. The number of amides is 1. The summed E-state index contributed by atoms with van der Waals surface area (Å²) < 4.78 is 0.768. The van der Waals surface area contributed by atoms with Gasteiger partial charge in [0.25, 0.3) is 5.91 Å². The standard InChI is InChI=1S/C13H12BrN3O/c1-8-3-2-4-12(16-8)17-13(18)9-5-10(14)7-11(15)6-9/h2-7H,15H2,1H3,(H,16,17,18). The predicted octanol–water partition coefficient (Wildman–Crippen LogP) is 2.99. The lowest BCUT2D eigenvalue weighted by Gasteiger charge is -2.06. The first-order valence-corrected chi connectivity index (χ1v) is 6.15. The first-order chi connectivity index (χ1) is 8.54. The summed E-state index contributed by atoms with van der Waals surface area (Å²) in [4.78, 5) is 16.2. The van der Waals surface area contributed by atoms with E-state index < -0.39 is 0 Å². The zero-order chi connectivity index (χ0) is 13.1. The van der Waals surface area contributed by atoms with Crippen LogP contribution in [0.15, 0.2) is 40.9 Å². The number of pyridine rings is 1. The van der Waals surface area contributed by atoms with E-state index in [4.69, 9.17) is 5.73 Å². The Bertz CT molecular complexity index is 578. The molecule has 0 unspecified atom stereocenters. The Morgan fingerprint density at radius 1 is 1.33 bits per heavy atom. The van der Waals surface area contributed by atoms with E-state index in [0.29, 0.717) is 17.1 Å². The number of nitrogens with zero attached hydrogens (tertiary/aromatic N) is 1. The minimum atomic E-state index is -0.235. The molecule has 0 fully saturated rings. The van der Waals surface area contributed by atoms with E-state index in [1.165, 1.54) is 0 Å². The number of rotatable bonds is 2. The molecule has 2 rings (SSSR count). The molecule has 0 radical (unpaired) electrons. The van der Waals surface area contributed by atoms with Gasteiger partial charge in [0.1, 0.15) is 5.82 Å². The zero-order valence-corrected chi connectivity index (χ0v) is 11.4. The Balaban J connectivity index is 2.22. The highest BCUT2D eigenvalue weighted by Crippen LogP contribution is 2.18. The molecular formula is C13H12BrN3O. The summed E-state index contributed by atoms with van der Waals surface area (Å²) >= 11 is 3.30. The van der Waals surface area contributed by atoms with Gasteiger partial charge in [-0.15, -0.1) is 0 Å². The summed E-state index contributed by atoms with van der Waals surface area (Å²) in [7, 11) is 0. The van der Waals surface area contributed by atoms with Crippen LogP contribution in [0, 0.1) is 6.92 Å². The topological polar surface area (TPSA) is 68.0 Å². The molecule has 0 saturated carbocycles. The van der Waals surface area contributed by atoms with Crippen molar-refractivity contribution < 1.29 is 4.79 Å². The fourth-order valence-electron chi connectivity index (χ4n) is 1.54. The van der Waals surface area contributed by atoms with Gasteiger partial charge in [0.2, 0.25) is 0 Å². The third kappa shape index (κ3) is 3.07. The zero-order valence-electron chi connectivity index (χ0n) is 9.77. The van der Waals surface area contributed by atoms with Crippen LogP contribution in [0.2, 0.25) is 0 Å². The van der Waals surface area contributed by atoms with Gasteiger partial charge in [0.15, 0.2) is 0 Å². The van der Waals surface area contributed by atoms with Gasteiger partial charge in [0, 0.05) is 21.4 Å². The Morgan fingerprint density at radius 3 is 2.78 bits per heavy atom. The summed E-state index contributed by atoms with van der Waals surface area (Å²) in [6.45, 7) is 1.87. The number of hydrogen-bond donors (Lipinski definition) is 2. The highest BCUT2D eigenvalue weighted by molar-refractivity contribution is 9.10. The summed E-state index contributed by atoms with van der Waals surface area (Å²) in [5.41, 5.74) is 7.56. The second-order valence-corrected chi connectivity index (χ2v) is 4.81. The number of nitrogens with one attached hydrogen (secondary N) is 1. The molecular weight excluding hydrogens is 294 g/mol. The van der Waals surface area contributed by atoms with Gasteiger partial charge in [-0.1, -0.05) is 22.0 Å². The van der Waals surface area contributed by atoms with Gasteiger partial charge in [0.05, 0.1) is 0 Å². The van der Waals surface area contributed by atoms with Crippen LogP contribution in [0.1, 0.15) is 16.1 Å². The van der Waals surface area contributed by atoms with E-state index in [-0.39, 0.29) is 5.91 Å². The number of aryl methyl sites for hydroxylation is 1. The van der Waals surface area contributed by atoms with E-state index in [2.05, 4.69) is 26.2 Å². The van der Waals surface area contributed by atoms with E-state index in [9.17, 15) is 4.79 Å². The molecule has 0 aliphatic heterocycles. The van der Waals surface area contributed by atoms with Gasteiger partial charge in [-0.25, -0.2) is 4.98 Å². The highest BCUT2D eigenvalue weighted by atomic mass is 79.9. The van der Waals surface area contributed by atoms with Crippen molar-refractivity contribution in [2.75, 3.05) is 11.1 Å². The van der Waals surface area contributed by atoms with Crippen molar-refractivity contribution in [3.05, 3.63) is 52.1 Å². The molecule has 0 bridgehead atoms. The number of anilines is 2. The monoisotopic (exact) mass is 305 g/mol. The highest BCUT2D eigenvalue weighted by Gasteiger charge is 2.08. The lowest BCUT2D eigenvalue weighted by Crippen LogP contribution is -2.13. The van der Waals surface area contributed by atoms with Crippen molar-refractivity contribution >= 4 is 33.3 Å². The quantitative estimate of drug-likeness (QED) is 0.838. The molecule has 4 nitrogen and oxygen atoms in total. The molecule has 1 aromatic carbocycles. The normalized spacial score (nSPS) is 10.1. The molecule has 0 atom stereocenters. The number of benzene rings is 1. The van der Waals surface area contributed by atoms with Crippen LogP contribution < -0.4 is 11.1 Å². The Morgan fingerprint density at radius 2 is 2.11 bits per heavy atom. The number of nitrogen functional groups attached to an aromatic ring is 1. The van der Waals surface area contributed by atoms with Crippen LogP contribution in [0.25, 0.3) is 0 Å². The van der Waals surface area contributed by atoms with Crippen LogP contribution in [0.5, 0.6) is 0 Å². The van der Waals surface area contributed by atoms with E-state index >= 15 is 0 Å². The molecule has 1 amide bonds. The molecule has 3 N–H and O–H groups in total. The maximum atomic E-state index is 12.0. The van der Waals surface area contributed by atoms with Crippen molar-refractivity contribution in [1.29, 1.82) is 0 Å². The summed E-state index contributed by atoms with van der Waals surface area (Å²) in [6, 6.07) is 10.5. The number of nitrogens with two attached hydrogens (primary N) is 1. The Kier molecular flexibility index (Phi) is 3.62. The smallest absolute Gasteiger partial charge is 0.256 e. The van der Waals surface area contributed by atoms with Crippen LogP contribution >= 0.6 is 15.9 Å². The molecule has 0 spiro atoms. The first kappa shape index (κ1) is 12.6. The van der Waals surface area contributed by atoms with Crippen molar-refractivity contribution in [2.24, 2.45) is 0 Å². The number of aromatic nitrogens is 1. The third-order valence-electron chi connectivity index (χ3n) is 2.31. The molecule has 1 aromatic heterocycles. The van der Waals surface area contributed by atoms with E-state index in [1.807, 2.05) is 19.1 Å². The number of halogens is 1. The molecule has 18 heavy (non-hydrogen) atoms. The lowest BCUT2D eigenvalue weighted by molar-refractivity contribution is 0.102. The first-order valence-electron chi connectivity index (χ1n) is 5.36. The van der Waals surface area contributed by atoms with Crippen LogP contribution in [-0.2, 0) is 0 Å². The van der Waals surface area contributed by atoms with E-state index in [1.54, 1.807) is 24.3 Å². The van der Waals surface area contributed by atoms with E-state index in [0.717, 1.165) is 10.2 Å². The number of carbonyl (C=O) groups is 1. The maximum absolute atomic E-state index is 12.0. The molecule has 0 saturated heterocycles. The number of hydrogen-bond acceptors (Lipinski definition) is 3. The van der Waals surface area contributed by atoms with Gasteiger partial charge in [-0.3, -0.25) is 4.79 Å². The minimum absolute atomic E-state index is 0.235.